The average molecular weight is 378 g/mol. The van der Waals surface area contributed by atoms with Crippen LogP contribution in [0, 0.1) is 0 Å². The predicted molar refractivity (Wildman–Crippen MR) is 96.1 cm³/mol. The number of halogens is 1. The van der Waals surface area contributed by atoms with Crippen molar-refractivity contribution in [1.82, 2.24) is 4.98 Å². The minimum atomic E-state index is -0.898. The third kappa shape index (κ3) is 3.72. The Hall–Kier alpha value is -2.02. The van der Waals surface area contributed by atoms with E-state index in [-0.39, 0.29) is 11.5 Å². The van der Waals surface area contributed by atoms with Crippen LogP contribution in [0.2, 0.25) is 5.02 Å². The number of benzene rings is 1. The van der Waals surface area contributed by atoms with E-state index in [0.29, 0.717) is 10.6 Å². The molecule has 0 aliphatic rings. The van der Waals surface area contributed by atoms with Gasteiger partial charge in [0.25, 0.3) is 0 Å². The Morgan fingerprint density at radius 1 is 1.17 bits per heavy atom. The molecule has 3 aromatic rings. The van der Waals surface area contributed by atoms with Gasteiger partial charge in [-0.2, -0.15) is 0 Å². The molecule has 0 fully saturated rings. The van der Waals surface area contributed by atoms with Gasteiger partial charge in [-0.3, -0.25) is 4.79 Å². The van der Waals surface area contributed by atoms with Crippen LogP contribution < -0.4 is 0 Å². The van der Waals surface area contributed by atoms with Gasteiger partial charge in [-0.05, 0) is 42.6 Å². The van der Waals surface area contributed by atoms with Crippen LogP contribution in [0.3, 0.4) is 0 Å². The van der Waals surface area contributed by atoms with E-state index in [2.05, 4.69) is 4.98 Å². The van der Waals surface area contributed by atoms with Crippen LogP contribution in [0.4, 0.5) is 0 Å². The Labute approximate surface area is 151 Å². The Balaban J connectivity index is 1.68. The number of aromatic nitrogens is 1. The number of thiophene rings is 1. The highest BCUT2D eigenvalue weighted by Crippen LogP contribution is 2.28. The SMILES string of the molecule is C[C@@H](OC(=O)c1csc(-c2cccs2)n1)C(=O)c1ccc(Cl)cc1. The molecule has 122 valence electrons. The van der Waals surface area contributed by atoms with E-state index in [0.717, 1.165) is 9.88 Å². The van der Waals surface area contributed by atoms with Gasteiger partial charge in [0.2, 0.25) is 5.78 Å². The lowest BCUT2D eigenvalue weighted by Crippen LogP contribution is -2.24. The smallest absolute Gasteiger partial charge is 0.358 e. The number of carbonyl (C=O) groups excluding carboxylic acids is 2. The summed E-state index contributed by atoms with van der Waals surface area (Å²) >= 11 is 8.72. The number of rotatable bonds is 5. The molecule has 1 atom stereocenters. The zero-order valence-electron chi connectivity index (χ0n) is 12.6. The Bertz CT molecular complexity index is 856. The zero-order chi connectivity index (χ0) is 17.1. The number of thiazole rings is 1. The van der Waals surface area contributed by atoms with Gasteiger partial charge in [0.15, 0.2) is 11.8 Å². The lowest BCUT2D eigenvalue weighted by molar-refractivity contribution is 0.0314. The fourth-order valence-electron chi connectivity index (χ4n) is 2.00. The summed E-state index contributed by atoms with van der Waals surface area (Å²) in [6.45, 7) is 1.54. The zero-order valence-corrected chi connectivity index (χ0v) is 15.0. The second-order valence-corrected chi connectivity index (χ2v) is 7.18. The predicted octanol–water partition coefficient (Wildman–Crippen LogP) is 4.95. The van der Waals surface area contributed by atoms with Gasteiger partial charge in [0.05, 0.1) is 4.88 Å². The third-order valence-electron chi connectivity index (χ3n) is 3.23. The average Bonchev–Trinajstić information content (AvgIpc) is 3.26. The molecule has 2 aromatic heterocycles. The van der Waals surface area contributed by atoms with Crippen LogP contribution in [-0.2, 0) is 4.74 Å². The van der Waals surface area contributed by atoms with E-state index < -0.39 is 12.1 Å². The first kappa shape index (κ1) is 16.8. The Kier molecular flexibility index (Phi) is 5.08. The van der Waals surface area contributed by atoms with Crippen LogP contribution in [0.1, 0.15) is 27.8 Å². The first-order chi connectivity index (χ1) is 11.5. The van der Waals surface area contributed by atoms with Crippen LogP contribution in [0.15, 0.2) is 47.2 Å². The molecule has 1 aromatic carbocycles. The van der Waals surface area contributed by atoms with Crippen molar-refractivity contribution >= 4 is 46.0 Å². The molecule has 0 unspecified atom stereocenters. The van der Waals surface area contributed by atoms with Crippen molar-refractivity contribution in [1.29, 1.82) is 0 Å². The number of esters is 1. The number of Topliss-reactive ketones (excluding diaryl/α,β-unsaturated/α-hetero) is 1. The van der Waals surface area contributed by atoms with Gasteiger partial charge in [0.1, 0.15) is 5.01 Å². The maximum Gasteiger partial charge on any atom is 0.358 e. The lowest BCUT2D eigenvalue weighted by Gasteiger charge is -2.11. The molecule has 24 heavy (non-hydrogen) atoms. The molecule has 0 saturated heterocycles. The monoisotopic (exact) mass is 377 g/mol. The highest BCUT2D eigenvalue weighted by molar-refractivity contribution is 7.20. The molecule has 4 nitrogen and oxygen atoms in total. The molecule has 2 heterocycles. The van der Waals surface area contributed by atoms with Gasteiger partial charge < -0.3 is 4.74 Å². The molecule has 3 rings (SSSR count). The molecule has 0 aliphatic carbocycles. The number of ketones is 1. The minimum absolute atomic E-state index is 0.208. The quantitative estimate of drug-likeness (QED) is 0.466. The van der Waals surface area contributed by atoms with Crippen molar-refractivity contribution in [3.63, 3.8) is 0 Å². The minimum Gasteiger partial charge on any atom is -0.450 e. The summed E-state index contributed by atoms with van der Waals surface area (Å²) in [4.78, 5) is 29.7. The molecule has 0 spiro atoms. The second kappa shape index (κ2) is 7.25. The molecule has 0 saturated carbocycles. The van der Waals surface area contributed by atoms with Crippen LogP contribution in [0.5, 0.6) is 0 Å². The van der Waals surface area contributed by atoms with Gasteiger partial charge in [-0.25, -0.2) is 9.78 Å². The van der Waals surface area contributed by atoms with E-state index in [9.17, 15) is 9.59 Å². The lowest BCUT2D eigenvalue weighted by atomic mass is 10.1. The van der Waals surface area contributed by atoms with Gasteiger partial charge in [-0.15, -0.1) is 22.7 Å². The molecular weight excluding hydrogens is 366 g/mol. The summed E-state index contributed by atoms with van der Waals surface area (Å²) in [6, 6.07) is 10.3. The highest BCUT2D eigenvalue weighted by atomic mass is 35.5. The van der Waals surface area contributed by atoms with Crippen molar-refractivity contribution in [2.45, 2.75) is 13.0 Å². The summed E-state index contributed by atoms with van der Waals surface area (Å²) in [6.07, 6.45) is -0.898. The van der Waals surface area contributed by atoms with Crippen molar-refractivity contribution in [3.05, 3.63) is 63.4 Å². The van der Waals surface area contributed by atoms with E-state index in [1.54, 1.807) is 47.9 Å². The molecule has 7 heteroatoms. The van der Waals surface area contributed by atoms with Crippen molar-refractivity contribution in [3.8, 4) is 9.88 Å². The van der Waals surface area contributed by atoms with Crippen LogP contribution >= 0.6 is 34.3 Å². The maximum atomic E-state index is 12.3. The molecule has 0 radical (unpaired) electrons. The van der Waals surface area contributed by atoms with Crippen molar-refractivity contribution in [2.24, 2.45) is 0 Å². The number of nitrogens with zero attached hydrogens (tertiary/aromatic N) is 1. The number of carbonyl (C=O) groups is 2. The first-order valence-corrected chi connectivity index (χ1v) is 9.18. The summed E-state index contributed by atoms with van der Waals surface area (Å²) in [5, 5.41) is 4.88. The van der Waals surface area contributed by atoms with E-state index >= 15 is 0 Å². The Morgan fingerprint density at radius 2 is 1.92 bits per heavy atom. The second-order valence-electron chi connectivity index (χ2n) is 4.93. The van der Waals surface area contributed by atoms with E-state index in [4.69, 9.17) is 16.3 Å². The van der Waals surface area contributed by atoms with E-state index in [1.165, 1.54) is 11.3 Å². The third-order valence-corrected chi connectivity index (χ3v) is 5.36. The van der Waals surface area contributed by atoms with Crippen molar-refractivity contribution in [2.75, 3.05) is 0 Å². The van der Waals surface area contributed by atoms with Crippen molar-refractivity contribution < 1.29 is 14.3 Å². The fourth-order valence-corrected chi connectivity index (χ4v) is 3.73. The summed E-state index contributed by atoms with van der Waals surface area (Å²) in [7, 11) is 0. The van der Waals surface area contributed by atoms with Gasteiger partial charge in [0, 0.05) is 16.0 Å². The van der Waals surface area contributed by atoms with Crippen LogP contribution in [0.25, 0.3) is 9.88 Å². The Morgan fingerprint density at radius 3 is 2.58 bits per heavy atom. The molecular formula is C17H12ClNO3S2. The normalized spacial score (nSPS) is 11.9. The van der Waals surface area contributed by atoms with Crippen LogP contribution in [-0.4, -0.2) is 22.8 Å². The largest absolute Gasteiger partial charge is 0.450 e. The number of hydrogen-bond donors (Lipinski definition) is 0. The summed E-state index contributed by atoms with van der Waals surface area (Å²) in [5.74, 6) is -0.891. The summed E-state index contributed by atoms with van der Waals surface area (Å²) < 4.78 is 5.24. The molecule has 0 amide bonds. The molecule has 0 bridgehead atoms. The summed E-state index contributed by atoms with van der Waals surface area (Å²) in [5.41, 5.74) is 0.649. The van der Waals surface area contributed by atoms with Gasteiger partial charge >= 0.3 is 5.97 Å². The number of hydrogen-bond acceptors (Lipinski definition) is 6. The number of ether oxygens (including phenoxy) is 1. The first-order valence-electron chi connectivity index (χ1n) is 7.05. The van der Waals surface area contributed by atoms with E-state index in [1.807, 2.05) is 17.5 Å². The molecule has 0 N–H and O–H groups in total. The standard InChI is InChI=1S/C17H12ClNO3S2/c1-10(15(20)11-4-6-12(18)7-5-11)22-17(21)13-9-24-16(19-13)14-3-2-8-23-14/h2-10H,1H3/t10-/m1/s1. The fraction of sp³-hybridized carbons (Fsp3) is 0.118. The van der Waals surface area contributed by atoms with Gasteiger partial charge in [-0.1, -0.05) is 17.7 Å². The topological polar surface area (TPSA) is 56.3 Å². The highest BCUT2D eigenvalue weighted by Gasteiger charge is 2.22. The maximum absolute atomic E-state index is 12.3. The molecule has 0 aliphatic heterocycles.